The van der Waals surface area contributed by atoms with Crippen molar-refractivity contribution in [2.75, 3.05) is 20.3 Å². The Morgan fingerprint density at radius 2 is 2.15 bits per heavy atom. The Bertz CT molecular complexity index is 556. The van der Waals surface area contributed by atoms with Crippen LogP contribution in [-0.4, -0.2) is 45.6 Å². The third kappa shape index (κ3) is 3.05. The van der Waals surface area contributed by atoms with Crippen molar-refractivity contribution in [1.82, 2.24) is 20.2 Å². The number of benzene rings is 1. The predicted molar refractivity (Wildman–Crippen MR) is 72.7 cm³/mol. The molecule has 2 rings (SSSR count). The van der Waals surface area contributed by atoms with Gasteiger partial charge in [-0.2, -0.15) is 0 Å². The lowest BCUT2D eigenvalue weighted by atomic mass is 10.2. The zero-order valence-electron chi connectivity index (χ0n) is 11.6. The van der Waals surface area contributed by atoms with Gasteiger partial charge in [-0.25, -0.2) is 4.68 Å². The molecule has 0 aliphatic carbocycles. The van der Waals surface area contributed by atoms with E-state index in [-0.39, 0.29) is 6.61 Å². The lowest BCUT2D eigenvalue weighted by molar-refractivity contribution is 0.276. The topological polar surface area (TPSA) is 82.3 Å². The molecule has 0 aliphatic rings. The summed E-state index contributed by atoms with van der Waals surface area (Å²) in [6.45, 7) is 3.13. The van der Waals surface area contributed by atoms with Crippen LogP contribution in [0.3, 0.4) is 0 Å². The van der Waals surface area contributed by atoms with Crippen LogP contribution in [-0.2, 0) is 6.54 Å². The number of tetrazole rings is 1. The molecule has 0 aliphatic heterocycles. The van der Waals surface area contributed by atoms with Gasteiger partial charge in [0, 0.05) is 18.7 Å². The molecule has 7 nitrogen and oxygen atoms in total. The average Bonchev–Trinajstić information content (AvgIpc) is 2.93. The SMILES string of the molecule is CCOc1cc(-c2nnnn2CCCO)ccc1OC. The molecule has 108 valence electrons. The van der Waals surface area contributed by atoms with Crippen molar-refractivity contribution in [2.24, 2.45) is 0 Å². The summed E-state index contributed by atoms with van der Waals surface area (Å²) in [7, 11) is 1.60. The first kappa shape index (κ1) is 14.3. The number of aliphatic hydroxyl groups is 1. The molecular formula is C13H18N4O3. The number of ether oxygens (including phenoxy) is 2. The van der Waals surface area contributed by atoms with Crippen LogP contribution in [0.25, 0.3) is 11.4 Å². The number of methoxy groups -OCH3 is 1. The summed E-state index contributed by atoms with van der Waals surface area (Å²) < 4.78 is 12.5. The Morgan fingerprint density at radius 3 is 2.85 bits per heavy atom. The van der Waals surface area contributed by atoms with E-state index in [2.05, 4.69) is 15.5 Å². The van der Waals surface area contributed by atoms with Crippen molar-refractivity contribution in [3.05, 3.63) is 18.2 Å². The second-order valence-electron chi connectivity index (χ2n) is 4.10. The van der Waals surface area contributed by atoms with Crippen LogP contribution in [0.4, 0.5) is 0 Å². The summed E-state index contributed by atoms with van der Waals surface area (Å²) in [5.74, 6) is 1.97. The molecule has 0 radical (unpaired) electrons. The van der Waals surface area contributed by atoms with E-state index in [0.717, 1.165) is 5.56 Å². The Hall–Kier alpha value is -2.15. The van der Waals surface area contributed by atoms with E-state index in [9.17, 15) is 0 Å². The smallest absolute Gasteiger partial charge is 0.182 e. The number of nitrogens with zero attached hydrogens (tertiary/aromatic N) is 4. The van der Waals surface area contributed by atoms with Crippen LogP contribution in [0.15, 0.2) is 18.2 Å². The molecular weight excluding hydrogens is 260 g/mol. The van der Waals surface area contributed by atoms with Gasteiger partial charge in [0.2, 0.25) is 0 Å². The molecule has 1 aromatic carbocycles. The number of aryl methyl sites for hydroxylation is 1. The van der Waals surface area contributed by atoms with E-state index in [1.54, 1.807) is 11.8 Å². The summed E-state index contributed by atoms with van der Waals surface area (Å²) in [5, 5.41) is 20.5. The van der Waals surface area contributed by atoms with E-state index in [4.69, 9.17) is 14.6 Å². The van der Waals surface area contributed by atoms with Gasteiger partial charge in [-0.1, -0.05) is 0 Å². The molecule has 7 heteroatoms. The summed E-state index contributed by atoms with van der Waals surface area (Å²) in [6, 6.07) is 5.55. The van der Waals surface area contributed by atoms with E-state index in [1.807, 2.05) is 25.1 Å². The highest BCUT2D eigenvalue weighted by Crippen LogP contribution is 2.31. The lowest BCUT2D eigenvalue weighted by Crippen LogP contribution is -2.05. The molecule has 1 N–H and O–H groups in total. The number of hydrogen-bond acceptors (Lipinski definition) is 6. The maximum atomic E-state index is 8.89. The van der Waals surface area contributed by atoms with Gasteiger partial charge in [0.05, 0.1) is 13.7 Å². The molecule has 0 saturated heterocycles. The fourth-order valence-corrected chi connectivity index (χ4v) is 1.87. The molecule has 1 aromatic heterocycles. The number of rotatable bonds is 7. The minimum Gasteiger partial charge on any atom is -0.493 e. The summed E-state index contributed by atoms with van der Waals surface area (Å²) >= 11 is 0. The van der Waals surface area contributed by atoms with Crippen LogP contribution in [0.1, 0.15) is 13.3 Å². The first-order chi connectivity index (χ1) is 9.80. The van der Waals surface area contributed by atoms with Crippen LogP contribution in [0.2, 0.25) is 0 Å². The van der Waals surface area contributed by atoms with Gasteiger partial charge in [-0.3, -0.25) is 0 Å². The summed E-state index contributed by atoms with van der Waals surface area (Å²) in [4.78, 5) is 0. The molecule has 2 aromatic rings. The predicted octanol–water partition coefficient (Wildman–Crippen LogP) is 1.13. The molecule has 0 atom stereocenters. The second kappa shape index (κ2) is 6.85. The monoisotopic (exact) mass is 278 g/mol. The fourth-order valence-electron chi connectivity index (χ4n) is 1.87. The van der Waals surface area contributed by atoms with Gasteiger partial charge in [0.1, 0.15) is 0 Å². The Morgan fingerprint density at radius 1 is 1.30 bits per heavy atom. The first-order valence-corrected chi connectivity index (χ1v) is 6.48. The molecule has 0 bridgehead atoms. The van der Waals surface area contributed by atoms with Crippen LogP contribution in [0.5, 0.6) is 11.5 Å². The normalized spacial score (nSPS) is 10.6. The first-order valence-electron chi connectivity index (χ1n) is 6.48. The highest BCUT2D eigenvalue weighted by molar-refractivity contribution is 5.60. The van der Waals surface area contributed by atoms with E-state index in [1.165, 1.54) is 0 Å². The Labute approximate surface area is 117 Å². The molecule has 0 amide bonds. The quantitative estimate of drug-likeness (QED) is 0.817. The summed E-state index contributed by atoms with van der Waals surface area (Å²) in [6.07, 6.45) is 0.604. The zero-order valence-corrected chi connectivity index (χ0v) is 11.6. The molecule has 0 spiro atoms. The van der Waals surface area contributed by atoms with E-state index >= 15 is 0 Å². The number of aromatic nitrogens is 4. The summed E-state index contributed by atoms with van der Waals surface area (Å²) in [5.41, 5.74) is 0.845. The molecule has 0 saturated carbocycles. The molecule has 1 heterocycles. The van der Waals surface area contributed by atoms with E-state index in [0.29, 0.717) is 36.9 Å². The van der Waals surface area contributed by atoms with Crippen LogP contribution in [0, 0.1) is 0 Å². The maximum Gasteiger partial charge on any atom is 0.182 e. The van der Waals surface area contributed by atoms with Gasteiger partial charge in [0.25, 0.3) is 0 Å². The minimum absolute atomic E-state index is 0.103. The number of aliphatic hydroxyl groups excluding tert-OH is 1. The molecule has 0 fully saturated rings. The van der Waals surface area contributed by atoms with Crippen molar-refractivity contribution in [3.63, 3.8) is 0 Å². The van der Waals surface area contributed by atoms with Crippen molar-refractivity contribution >= 4 is 0 Å². The average molecular weight is 278 g/mol. The van der Waals surface area contributed by atoms with Gasteiger partial charge in [-0.15, -0.1) is 5.10 Å². The van der Waals surface area contributed by atoms with Gasteiger partial charge >= 0.3 is 0 Å². The molecule has 20 heavy (non-hydrogen) atoms. The van der Waals surface area contributed by atoms with Gasteiger partial charge in [-0.05, 0) is 42.0 Å². The largest absolute Gasteiger partial charge is 0.493 e. The minimum atomic E-state index is 0.103. The van der Waals surface area contributed by atoms with Crippen molar-refractivity contribution in [1.29, 1.82) is 0 Å². The van der Waals surface area contributed by atoms with E-state index < -0.39 is 0 Å². The van der Waals surface area contributed by atoms with Crippen LogP contribution >= 0.6 is 0 Å². The van der Waals surface area contributed by atoms with Gasteiger partial charge < -0.3 is 14.6 Å². The third-order valence-electron chi connectivity index (χ3n) is 2.78. The van der Waals surface area contributed by atoms with Crippen molar-refractivity contribution in [2.45, 2.75) is 19.9 Å². The van der Waals surface area contributed by atoms with Crippen molar-refractivity contribution in [3.8, 4) is 22.9 Å². The van der Waals surface area contributed by atoms with Crippen LogP contribution < -0.4 is 9.47 Å². The molecule has 0 unspecified atom stereocenters. The lowest BCUT2D eigenvalue weighted by Gasteiger charge is -2.11. The highest BCUT2D eigenvalue weighted by Gasteiger charge is 2.12. The van der Waals surface area contributed by atoms with Crippen molar-refractivity contribution < 1.29 is 14.6 Å². The third-order valence-corrected chi connectivity index (χ3v) is 2.78. The highest BCUT2D eigenvalue weighted by atomic mass is 16.5. The second-order valence-corrected chi connectivity index (χ2v) is 4.10. The Balaban J connectivity index is 2.32. The number of hydrogen-bond donors (Lipinski definition) is 1. The zero-order chi connectivity index (χ0) is 14.4. The standard InChI is InChI=1S/C13H18N4O3/c1-3-20-12-9-10(5-6-11(12)19-2)13-14-15-16-17(13)7-4-8-18/h5-6,9,18H,3-4,7-8H2,1-2H3. The maximum absolute atomic E-state index is 8.89. The Kier molecular flexibility index (Phi) is 4.89. The van der Waals surface area contributed by atoms with Gasteiger partial charge in [0.15, 0.2) is 17.3 Å². The fraction of sp³-hybridized carbons (Fsp3) is 0.462.